The van der Waals surface area contributed by atoms with Gasteiger partial charge in [-0.3, -0.25) is 9.10 Å². The van der Waals surface area contributed by atoms with Crippen molar-refractivity contribution in [2.24, 2.45) is 5.10 Å². The molecule has 1 N–H and O–H groups in total. The number of amides is 1. The van der Waals surface area contributed by atoms with E-state index in [0.717, 1.165) is 15.4 Å². The van der Waals surface area contributed by atoms with Gasteiger partial charge < -0.3 is 9.47 Å². The predicted octanol–water partition coefficient (Wildman–Crippen LogP) is 5.26. The number of carbonyl (C=O) groups excluding carboxylic acids is 1. The largest absolute Gasteiger partial charge is 0.490 e. The van der Waals surface area contributed by atoms with Crippen molar-refractivity contribution in [2.45, 2.75) is 45.4 Å². The number of ether oxygens (including phenoxy) is 2. The van der Waals surface area contributed by atoms with Gasteiger partial charge in [-0.15, -0.1) is 0 Å². The maximum atomic E-state index is 13.6. The van der Waals surface area contributed by atoms with Crippen molar-refractivity contribution in [3.8, 4) is 11.5 Å². The van der Waals surface area contributed by atoms with Crippen LogP contribution in [0.25, 0.3) is 0 Å². The molecule has 1 amide bonds. The van der Waals surface area contributed by atoms with Crippen molar-refractivity contribution < 1.29 is 22.7 Å². The number of carbonyl (C=O) groups is 1. The topological polar surface area (TPSA) is 97.3 Å². The maximum absolute atomic E-state index is 13.6. The molecular formula is C29H35N3O5S. The second-order valence-electron chi connectivity index (χ2n) is 8.94. The molecule has 0 atom stereocenters. The van der Waals surface area contributed by atoms with Gasteiger partial charge in [0.1, 0.15) is 6.54 Å². The van der Waals surface area contributed by atoms with Crippen molar-refractivity contribution in [2.75, 3.05) is 24.1 Å². The first-order chi connectivity index (χ1) is 18.1. The molecule has 0 radical (unpaired) electrons. The van der Waals surface area contributed by atoms with Gasteiger partial charge in [0.2, 0.25) is 0 Å². The Labute approximate surface area is 225 Å². The first kappa shape index (κ1) is 28.7. The summed E-state index contributed by atoms with van der Waals surface area (Å²) in [5, 5.41) is 4.03. The van der Waals surface area contributed by atoms with Crippen LogP contribution >= 0.6 is 0 Å². The van der Waals surface area contributed by atoms with E-state index in [9.17, 15) is 13.2 Å². The first-order valence-corrected chi connectivity index (χ1v) is 14.0. The van der Waals surface area contributed by atoms with Crippen LogP contribution in [0, 0.1) is 6.92 Å². The van der Waals surface area contributed by atoms with Crippen molar-refractivity contribution in [3.63, 3.8) is 0 Å². The summed E-state index contributed by atoms with van der Waals surface area (Å²) < 4.78 is 39.4. The summed E-state index contributed by atoms with van der Waals surface area (Å²) in [5.41, 5.74) is 5.52. The number of anilines is 1. The fraction of sp³-hybridized carbons (Fsp3) is 0.310. The van der Waals surface area contributed by atoms with E-state index in [-0.39, 0.29) is 10.8 Å². The van der Waals surface area contributed by atoms with E-state index in [1.807, 2.05) is 32.9 Å². The number of hydrogen-bond acceptors (Lipinski definition) is 6. The highest BCUT2D eigenvalue weighted by atomic mass is 32.2. The molecule has 0 aliphatic carbocycles. The van der Waals surface area contributed by atoms with Gasteiger partial charge in [0.15, 0.2) is 11.5 Å². The van der Waals surface area contributed by atoms with Gasteiger partial charge in [0.25, 0.3) is 15.9 Å². The van der Waals surface area contributed by atoms with E-state index >= 15 is 0 Å². The Kier molecular flexibility index (Phi) is 9.90. The molecule has 202 valence electrons. The van der Waals surface area contributed by atoms with Crippen molar-refractivity contribution in [1.29, 1.82) is 0 Å². The Hall–Kier alpha value is -3.85. The second-order valence-corrected chi connectivity index (χ2v) is 10.8. The third kappa shape index (κ3) is 7.35. The number of aryl methyl sites for hydroxylation is 1. The Balaban J connectivity index is 1.82. The minimum atomic E-state index is -4.01. The van der Waals surface area contributed by atoms with Crippen LogP contribution in [0.2, 0.25) is 0 Å². The lowest BCUT2D eigenvalue weighted by molar-refractivity contribution is -0.119. The number of rotatable bonds is 12. The lowest BCUT2D eigenvalue weighted by Gasteiger charge is -2.24. The van der Waals surface area contributed by atoms with Crippen molar-refractivity contribution in [1.82, 2.24) is 5.43 Å². The molecule has 3 aromatic carbocycles. The Bertz CT molecular complexity index is 1350. The molecule has 0 bridgehead atoms. The van der Waals surface area contributed by atoms with Crippen LogP contribution in [0.4, 0.5) is 5.69 Å². The monoisotopic (exact) mass is 537 g/mol. The summed E-state index contributed by atoms with van der Waals surface area (Å²) in [7, 11) is -4.01. The average molecular weight is 538 g/mol. The van der Waals surface area contributed by atoms with Crippen LogP contribution in [-0.4, -0.2) is 40.3 Å². The standard InChI is InChI=1S/C29H35N3O5S/c1-6-36-27-17-10-23(18-28(27)37-7-2)19-30-31-29(33)20-32(25-13-11-24(12-14-25)21(3)4)38(34,35)26-15-8-22(5)9-16-26/h8-19,21H,6-7,20H2,1-5H3,(H,31,33)/b30-19-. The minimum Gasteiger partial charge on any atom is -0.490 e. The molecule has 38 heavy (non-hydrogen) atoms. The summed E-state index contributed by atoms with van der Waals surface area (Å²) in [6, 6.07) is 19.0. The number of hydrazone groups is 1. The summed E-state index contributed by atoms with van der Waals surface area (Å²) in [4.78, 5) is 13.0. The fourth-order valence-corrected chi connectivity index (χ4v) is 5.09. The fourth-order valence-electron chi connectivity index (χ4n) is 3.67. The lowest BCUT2D eigenvalue weighted by atomic mass is 10.0. The third-order valence-electron chi connectivity index (χ3n) is 5.71. The molecule has 0 aliphatic heterocycles. The molecular weight excluding hydrogens is 502 g/mol. The zero-order valence-corrected chi connectivity index (χ0v) is 23.3. The van der Waals surface area contributed by atoms with Crippen LogP contribution in [-0.2, 0) is 14.8 Å². The Morgan fingerprint density at radius 1 is 0.947 bits per heavy atom. The van der Waals surface area contributed by atoms with Crippen molar-refractivity contribution >= 4 is 27.8 Å². The summed E-state index contributed by atoms with van der Waals surface area (Å²) in [5.74, 6) is 0.899. The van der Waals surface area contributed by atoms with Crippen LogP contribution in [0.1, 0.15) is 50.3 Å². The van der Waals surface area contributed by atoms with Gasteiger partial charge in [-0.05, 0) is 80.3 Å². The van der Waals surface area contributed by atoms with E-state index in [4.69, 9.17) is 9.47 Å². The predicted molar refractivity (Wildman–Crippen MR) is 151 cm³/mol. The summed E-state index contributed by atoms with van der Waals surface area (Å²) in [6.45, 7) is 10.3. The highest BCUT2D eigenvalue weighted by molar-refractivity contribution is 7.92. The molecule has 3 aromatic rings. The van der Waals surface area contributed by atoms with Gasteiger partial charge in [-0.25, -0.2) is 13.8 Å². The highest BCUT2D eigenvalue weighted by Gasteiger charge is 2.27. The molecule has 0 aromatic heterocycles. The normalized spacial score (nSPS) is 11.5. The molecule has 0 fully saturated rings. The first-order valence-electron chi connectivity index (χ1n) is 12.6. The zero-order chi connectivity index (χ0) is 27.7. The molecule has 0 saturated carbocycles. The number of nitrogens with zero attached hydrogens (tertiary/aromatic N) is 2. The van der Waals surface area contributed by atoms with E-state index in [2.05, 4.69) is 24.4 Å². The number of sulfonamides is 1. The quantitative estimate of drug-likeness (QED) is 0.251. The smallest absolute Gasteiger partial charge is 0.264 e. The third-order valence-corrected chi connectivity index (χ3v) is 7.50. The minimum absolute atomic E-state index is 0.102. The number of benzene rings is 3. The zero-order valence-electron chi connectivity index (χ0n) is 22.5. The van der Waals surface area contributed by atoms with Gasteiger partial charge >= 0.3 is 0 Å². The Morgan fingerprint density at radius 3 is 2.18 bits per heavy atom. The highest BCUT2D eigenvalue weighted by Crippen LogP contribution is 2.28. The molecule has 0 spiro atoms. The molecule has 0 unspecified atom stereocenters. The molecule has 9 heteroatoms. The number of hydrogen-bond donors (Lipinski definition) is 1. The van der Waals surface area contributed by atoms with Gasteiger partial charge in [-0.1, -0.05) is 43.7 Å². The lowest BCUT2D eigenvalue weighted by Crippen LogP contribution is -2.39. The van der Waals surface area contributed by atoms with Gasteiger partial charge in [0, 0.05) is 0 Å². The van der Waals surface area contributed by atoms with Crippen LogP contribution in [0.15, 0.2) is 76.7 Å². The second kappa shape index (κ2) is 13.1. The molecule has 0 saturated heterocycles. The van der Waals surface area contributed by atoms with Crippen LogP contribution in [0.3, 0.4) is 0 Å². The summed E-state index contributed by atoms with van der Waals surface area (Å²) in [6.07, 6.45) is 1.46. The SMILES string of the molecule is CCOc1ccc(/C=N\NC(=O)CN(c2ccc(C(C)C)cc2)S(=O)(=O)c2ccc(C)cc2)cc1OCC. The summed E-state index contributed by atoms with van der Waals surface area (Å²) >= 11 is 0. The van der Waals surface area contributed by atoms with E-state index in [1.54, 1.807) is 42.5 Å². The Morgan fingerprint density at radius 2 is 1.58 bits per heavy atom. The molecule has 0 heterocycles. The maximum Gasteiger partial charge on any atom is 0.264 e. The van der Waals surface area contributed by atoms with Crippen LogP contribution < -0.4 is 19.2 Å². The molecule has 3 rings (SSSR count). The molecule has 8 nitrogen and oxygen atoms in total. The average Bonchev–Trinajstić information content (AvgIpc) is 2.89. The number of nitrogens with one attached hydrogen (secondary N) is 1. The van der Waals surface area contributed by atoms with E-state index in [1.165, 1.54) is 18.3 Å². The van der Waals surface area contributed by atoms with Crippen LogP contribution in [0.5, 0.6) is 11.5 Å². The molecule has 0 aliphatic rings. The van der Waals surface area contributed by atoms with E-state index < -0.39 is 22.5 Å². The van der Waals surface area contributed by atoms with E-state index in [0.29, 0.717) is 36.0 Å². The van der Waals surface area contributed by atoms with Crippen molar-refractivity contribution in [3.05, 3.63) is 83.4 Å². The van der Waals surface area contributed by atoms with Gasteiger partial charge in [0.05, 0.1) is 30.0 Å². The van der Waals surface area contributed by atoms with Gasteiger partial charge in [-0.2, -0.15) is 5.10 Å².